The van der Waals surface area contributed by atoms with Crippen molar-refractivity contribution in [2.24, 2.45) is 0 Å². The summed E-state index contributed by atoms with van der Waals surface area (Å²) in [5, 5.41) is 3.49. The Morgan fingerprint density at radius 2 is 2.00 bits per heavy atom. The van der Waals surface area contributed by atoms with Crippen LogP contribution in [0.3, 0.4) is 0 Å². The third-order valence-corrected chi connectivity index (χ3v) is 4.19. The summed E-state index contributed by atoms with van der Waals surface area (Å²) >= 11 is 3.29. The number of likely N-dealkylation sites (tertiary alicyclic amines) is 1. The summed E-state index contributed by atoms with van der Waals surface area (Å²) in [7, 11) is 0. The summed E-state index contributed by atoms with van der Waals surface area (Å²) in [6.07, 6.45) is 2.62. The number of halogens is 2. The van der Waals surface area contributed by atoms with Crippen LogP contribution in [0.4, 0.5) is 4.39 Å². The van der Waals surface area contributed by atoms with Gasteiger partial charge in [-0.25, -0.2) is 4.39 Å². The number of rotatable bonds is 5. The van der Waals surface area contributed by atoms with E-state index in [0.717, 1.165) is 16.6 Å². The van der Waals surface area contributed by atoms with Crippen molar-refractivity contribution in [2.45, 2.75) is 38.8 Å². The van der Waals surface area contributed by atoms with Crippen LogP contribution in [-0.4, -0.2) is 30.6 Å². The summed E-state index contributed by atoms with van der Waals surface area (Å²) < 4.78 is 14.7. The van der Waals surface area contributed by atoms with E-state index in [-0.39, 0.29) is 11.9 Å². The lowest BCUT2D eigenvalue weighted by Crippen LogP contribution is -2.39. The standard InChI is InChI=1S/C15H22BrFN2/c1-11(10-19-7-3-4-8-19)18-12(2)14-6-5-13(16)9-15(14)17/h5-6,9,11-12,18H,3-4,7-8,10H2,1-2H3. The molecule has 2 unspecified atom stereocenters. The maximum atomic E-state index is 13.9. The molecule has 2 nitrogen and oxygen atoms in total. The van der Waals surface area contributed by atoms with Crippen molar-refractivity contribution in [1.29, 1.82) is 0 Å². The highest BCUT2D eigenvalue weighted by Gasteiger charge is 2.17. The Kier molecular flexibility index (Phi) is 5.37. The highest BCUT2D eigenvalue weighted by atomic mass is 79.9. The Balaban J connectivity index is 1.90. The molecule has 1 aromatic carbocycles. The van der Waals surface area contributed by atoms with Crippen molar-refractivity contribution < 1.29 is 4.39 Å². The predicted molar refractivity (Wildman–Crippen MR) is 80.8 cm³/mol. The minimum atomic E-state index is -0.150. The van der Waals surface area contributed by atoms with Crippen molar-refractivity contribution in [3.63, 3.8) is 0 Å². The SMILES string of the molecule is CC(CN1CCCC1)NC(C)c1ccc(Br)cc1F. The van der Waals surface area contributed by atoms with E-state index in [4.69, 9.17) is 0 Å². The van der Waals surface area contributed by atoms with Crippen molar-refractivity contribution in [2.75, 3.05) is 19.6 Å². The summed E-state index contributed by atoms with van der Waals surface area (Å²) in [5.41, 5.74) is 0.733. The Bertz CT molecular complexity index is 419. The molecule has 1 aliphatic rings. The van der Waals surface area contributed by atoms with Crippen LogP contribution >= 0.6 is 15.9 Å². The first-order valence-electron chi connectivity index (χ1n) is 6.99. The molecule has 1 aliphatic heterocycles. The Labute approximate surface area is 123 Å². The topological polar surface area (TPSA) is 15.3 Å². The van der Waals surface area contributed by atoms with Gasteiger partial charge in [-0.05, 0) is 51.9 Å². The van der Waals surface area contributed by atoms with E-state index in [1.165, 1.54) is 32.0 Å². The molecule has 19 heavy (non-hydrogen) atoms. The smallest absolute Gasteiger partial charge is 0.129 e. The highest BCUT2D eigenvalue weighted by molar-refractivity contribution is 9.10. The Hall–Kier alpha value is -0.450. The average Bonchev–Trinajstić information content (AvgIpc) is 2.81. The Morgan fingerprint density at radius 3 is 2.63 bits per heavy atom. The molecule has 0 aliphatic carbocycles. The number of hydrogen-bond acceptors (Lipinski definition) is 2. The maximum Gasteiger partial charge on any atom is 0.129 e. The highest BCUT2D eigenvalue weighted by Crippen LogP contribution is 2.21. The Morgan fingerprint density at radius 1 is 1.32 bits per heavy atom. The number of hydrogen-bond donors (Lipinski definition) is 1. The molecule has 1 aromatic rings. The van der Waals surface area contributed by atoms with Gasteiger partial charge in [-0.15, -0.1) is 0 Å². The second-order valence-corrected chi connectivity index (χ2v) is 6.38. The molecular weight excluding hydrogens is 307 g/mol. The lowest BCUT2D eigenvalue weighted by atomic mass is 10.1. The van der Waals surface area contributed by atoms with Crippen LogP contribution in [0.15, 0.2) is 22.7 Å². The van der Waals surface area contributed by atoms with Crippen molar-refractivity contribution >= 4 is 15.9 Å². The lowest BCUT2D eigenvalue weighted by molar-refractivity contribution is 0.288. The third kappa shape index (κ3) is 4.26. The zero-order valence-electron chi connectivity index (χ0n) is 11.6. The summed E-state index contributed by atoms with van der Waals surface area (Å²) in [6.45, 7) is 7.64. The van der Waals surface area contributed by atoms with E-state index in [2.05, 4.69) is 33.1 Å². The monoisotopic (exact) mass is 328 g/mol. The van der Waals surface area contributed by atoms with Crippen LogP contribution < -0.4 is 5.32 Å². The summed E-state index contributed by atoms with van der Waals surface area (Å²) in [6, 6.07) is 5.67. The van der Waals surface area contributed by atoms with Gasteiger partial charge in [-0.3, -0.25) is 0 Å². The molecule has 0 radical (unpaired) electrons. The van der Waals surface area contributed by atoms with Gasteiger partial charge in [0.25, 0.3) is 0 Å². The van der Waals surface area contributed by atoms with E-state index in [1.54, 1.807) is 0 Å². The molecule has 0 bridgehead atoms. The molecule has 0 spiro atoms. The van der Waals surface area contributed by atoms with Gasteiger partial charge >= 0.3 is 0 Å². The predicted octanol–water partition coefficient (Wildman–Crippen LogP) is 3.72. The van der Waals surface area contributed by atoms with E-state index < -0.39 is 0 Å². The molecule has 0 aromatic heterocycles. The number of nitrogens with one attached hydrogen (secondary N) is 1. The van der Waals surface area contributed by atoms with Crippen molar-refractivity contribution in [3.8, 4) is 0 Å². The third-order valence-electron chi connectivity index (χ3n) is 3.69. The fourth-order valence-electron chi connectivity index (χ4n) is 2.77. The second-order valence-electron chi connectivity index (χ2n) is 5.46. The molecule has 2 atom stereocenters. The van der Waals surface area contributed by atoms with Crippen LogP contribution in [0.2, 0.25) is 0 Å². The molecule has 2 rings (SSSR count). The fourth-order valence-corrected chi connectivity index (χ4v) is 3.11. The molecular formula is C15H22BrFN2. The van der Waals surface area contributed by atoms with E-state index in [1.807, 2.05) is 19.1 Å². The molecule has 1 fully saturated rings. The number of nitrogens with zero attached hydrogens (tertiary/aromatic N) is 1. The van der Waals surface area contributed by atoms with Gasteiger partial charge in [0, 0.05) is 28.7 Å². The van der Waals surface area contributed by atoms with Gasteiger partial charge in [0.15, 0.2) is 0 Å². The molecule has 106 valence electrons. The first-order chi connectivity index (χ1) is 9.06. The largest absolute Gasteiger partial charge is 0.306 e. The number of benzene rings is 1. The van der Waals surface area contributed by atoms with E-state index >= 15 is 0 Å². The summed E-state index contributed by atoms with van der Waals surface area (Å²) in [4.78, 5) is 2.47. The quantitative estimate of drug-likeness (QED) is 0.886. The average molecular weight is 329 g/mol. The molecule has 1 saturated heterocycles. The molecule has 1 N–H and O–H groups in total. The van der Waals surface area contributed by atoms with Gasteiger partial charge in [0.2, 0.25) is 0 Å². The van der Waals surface area contributed by atoms with Crippen LogP contribution in [0.5, 0.6) is 0 Å². The zero-order chi connectivity index (χ0) is 13.8. The van der Waals surface area contributed by atoms with Gasteiger partial charge in [0.1, 0.15) is 5.82 Å². The fraction of sp³-hybridized carbons (Fsp3) is 0.600. The lowest BCUT2D eigenvalue weighted by Gasteiger charge is -2.25. The molecule has 0 saturated carbocycles. The summed E-state index contributed by atoms with van der Waals surface area (Å²) in [5.74, 6) is -0.150. The minimum absolute atomic E-state index is 0.0331. The minimum Gasteiger partial charge on any atom is -0.306 e. The first kappa shape index (κ1) is 14.9. The molecule has 4 heteroatoms. The van der Waals surface area contributed by atoms with Crippen LogP contribution in [0, 0.1) is 5.82 Å². The van der Waals surface area contributed by atoms with Gasteiger partial charge in [-0.2, -0.15) is 0 Å². The second kappa shape index (κ2) is 6.82. The first-order valence-corrected chi connectivity index (χ1v) is 7.79. The molecule has 1 heterocycles. The van der Waals surface area contributed by atoms with Gasteiger partial charge in [-0.1, -0.05) is 22.0 Å². The normalized spacial score (nSPS) is 19.6. The van der Waals surface area contributed by atoms with Crippen molar-refractivity contribution in [3.05, 3.63) is 34.1 Å². The molecule has 0 amide bonds. The van der Waals surface area contributed by atoms with Crippen LogP contribution in [-0.2, 0) is 0 Å². The van der Waals surface area contributed by atoms with E-state index in [9.17, 15) is 4.39 Å². The van der Waals surface area contributed by atoms with Crippen LogP contribution in [0.1, 0.15) is 38.3 Å². The van der Waals surface area contributed by atoms with Gasteiger partial charge in [0.05, 0.1) is 0 Å². The van der Waals surface area contributed by atoms with Crippen LogP contribution in [0.25, 0.3) is 0 Å². The maximum absolute atomic E-state index is 13.9. The van der Waals surface area contributed by atoms with Gasteiger partial charge < -0.3 is 10.2 Å². The van der Waals surface area contributed by atoms with Crippen molar-refractivity contribution in [1.82, 2.24) is 10.2 Å². The zero-order valence-corrected chi connectivity index (χ0v) is 13.2. The van der Waals surface area contributed by atoms with E-state index in [0.29, 0.717) is 6.04 Å².